The van der Waals surface area contributed by atoms with Gasteiger partial charge in [0.25, 0.3) is 0 Å². The molecule has 0 bridgehead atoms. The third-order valence-corrected chi connectivity index (χ3v) is 7.45. The summed E-state index contributed by atoms with van der Waals surface area (Å²) in [5, 5.41) is 5.79. The largest absolute Gasteiger partial charge is 0.379 e. The fourth-order valence-corrected chi connectivity index (χ4v) is 5.25. The van der Waals surface area contributed by atoms with E-state index in [1.165, 1.54) is 19.1 Å². The first-order chi connectivity index (χ1) is 16.8. The number of hydrogen-bond donors (Lipinski definition) is 2. The van der Waals surface area contributed by atoms with Gasteiger partial charge in [-0.05, 0) is 62.4 Å². The zero-order chi connectivity index (χ0) is 25.3. The molecular weight excluding hydrogens is 467 g/mol. The fraction of sp³-hybridized carbons (Fsp3) is 0.444. The number of para-hydroxylation sites is 1. The molecule has 0 radical (unpaired) electrons. The molecule has 2 amide bonds. The molecule has 1 fully saturated rings. The average Bonchev–Trinajstić information content (AvgIpc) is 2.85. The Labute approximate surface area is 210 Å². The minimum absolute atomic E-state index is 0.0474. The highest BCUT2D eigenvalue weighted by atomic mass is 32.2. The molecule has 1 atom stereocenters. The molecule has 0 spiro atoms. The molecule has 8 heteroatoms. The van der Waals surface area contributed by atoms with Crippen LogP contribution in [0.3, 0.4) is 0 Å². The van der Waals surface area contributed by atoms with Crippen LogP contribution < -0.4 is 10.6 Å². The van der Waals surface area contributed by atoms with E-state index in [-0.39, 0.29) is 35.3 Å². The Morgan fingerprint density at radius 1 is 1.09 bits per heavy atom. The van der Waals surface area contributed by atoms with Gasteiger partial charge >= 0.3 is 0 Å². The summed E-state index contributed by atoms with van der Waals surface area (Å²) in [4.78, 5) is 38.7. The van der Waals surface area contributed by atoms with Gasteiger partial charge in [-0.2, -0.15) is 0 Å². The molecule has 2 aromatic carbocycles. The number of amides is 2. The van der Waals surface area contributed by atoms with Crippen molar-refractivity contribution in [3.8, 4) is 0 Å². The van der Waals surface area contributed by atoms with Crippen LogP contribution in [0.5, 0.6) is 0 Å². The second-order valence-electron chi connectivity index (χ2n) is 8.93. The lowest BCUT2D eigenvalue weighted by molar-refractivity contribution is -0.136. The Bertz CT molecular complexity index is 992. The van der Waals surface area contributed by atoms with E-state index in [0.717, 1.165) is 30.2 Å². The van der Waals surface area contributed by atoms with E-state index in [1.54, 1.807) is 24.3 Å². The van der Waals surface area contributed by atoms with Gasteiger partial charge in [-0.15, -0.1) is 0 Å². The highest BCUT2D eigenvalue weighted by Crippen LogP contribution is 2.40. The molecule has 1 saturated carbocycles. The third-order valence-electron chi connectivity index (χ3n) is 6.34. The van der Waals surface area contributed by atoms with E-state index < -0.39 is 11.5 Å². The first-order valence-electron chi connectivity index (χ1n) is 12.0. The summed E-state index contributed by atoms with van der Waals surface area (Å²) < 4.78 is 19.2. The minimum Gasteiger partial charge on any atom is -0.379 e. The Morgan fingerprint density at radius 2 is 1.74 bits per heavy atom. The lowest BCUT2D eigenvalue weighted by Gasteiger charge is -2.39. The van der Waals surface area contributed by atoms with Crippen molar-refractivity contribution < 1.29 is 23.5 Å². The summed E-state index contributed by atoms with van der Waals surface area (Å²) >= 11 is 1.14. The Hall–Kier alpha value is -2.71. The zero-order valence-electron chi connectivity index (χ0n) is 20.2. The average molecular weight is 501 g/mol. The fourth-order valence-electron chi connectivity index (χ4n) is 4.35. The summed E-state index contributed by atoms with van der Waals surface area (Å²) in [6.07, 6.45) is 2.90. The number of rotatable bonds is 10. The topological polar surface area (TPSA) is 84.5 Å². The van der Waals surface area contributed by atoms with E-state index >= 15 is 0 Å². The van der Waals surface area contributed by atoms with Crippen molar-refractivity contribution in [3.63, 3.8) is 0 Å². The van der Waals surface area contributed by atoms with Gasteiger partial charge in [-0.1, -0.05) is 42.1 Å². The number of hydrogen-bond acceptors (Lipinski definition) is 5. The molecule has 3 rings (SSSR count). The number of carbonyl (C=O) groups excluding carboxylic acids is 3. The van der Waals surface area contributed by atoms with Crippen LogP contribution in [0, 0.1) is 11.2 Å². The van der Waals surface area contributed by atoms with Gasteiger partial charge in [0, 0.05) is 31.4 Å². The normalized spacial score (nSPS) is 20.6. The first-order valence-corrected chi connectivity index (χ1v) is 13.0. The van der Waals surface area contributed by atoms with E-state index in [4.69, 9.17) is 4.74 Å². The van der Waals surface area contributed by atoms with Gasteiger partial charge in [-0.3, -0.25) is 14.4 Å². The molecule has 188 valence electrons. The van der Waals surface area contributed by atoms with Crippen LogP contribution in [-0.2, 0) is 25.5 Å². The molecule has 0 unspecified atom stereocenters. The first kappa shape index (κ1) is 26.9. The van der Waals surface area contributed by atoms with Crippen LogP contribution in [-0.4, -0.2) is 41.4 Å². The maximum absolute atomic E-state index is 13.7. The predicted molar refractivity (Wildman–Crippen MR) is 137 cm³/mol. The molecule has 0 saturated heterocycles. The van der Waals surface area contributed by atoms with Crippen LogP contribution in [0.4, 0.5) is 10.1 Å². The van der Waals surface area contributed by atoms with Gasteiger partial charge in [0.1, 0.15) is 11.9 Å². The summed E-state index contributed by atoms with van der Waals surface area (Å²) in [7, 11) is 0. The van der Waals surface area contributed by atoms with Crippen molar-refractivity contribution in [2.75, 3.05) is 17.7 Å². The monoisotopic (exact) mass is 500 g/mol. The minimum atomic E-state index is -0.864. The van der Waals surface area contributed by atoms with Crippen LogP contribution >= 0.6 is 11.8 Å². The SMILES string of the molecule is CCOC1CCC(CSC(C)=O)(C(=O)N[C@@H](Cc2ccc(F)cc2)C(=O)Nc2ccccc2)CC1. The lowest BCUT2D eigenvalue weighted by Crippen LogP contribution is -2.53. The quantitative estimate of drug-likeness (QED) is 0.492. The van der Waals surface area contributed by atoms with Crippen molar-refractivity contribution in [2.24, 2.45) is 5.41 Å². The van der Waals surface area contributed by atoms with Crippen LogP contribution in [0.1, 0.15) is 45.1 Å². The second-order valence-corrected chi connectivity index (χ2v) is 10.1. The molecule has 6 nitrogen and oxygen atoms in total. The smallest absolute Gasteiger partial charge is 0.247 e. The molecule has 2 N–H and O–H groups in total. The Balaban J connectivity index is 1.80. The number of halogens is 1. The maximum Gasteiger partial charge on any atom is 0.247 e. The molecule has 1 aliphatic rings. The number of nitrogens with one attached hydrogen (secondary N) is 2. The van der Waals surface area contributed by atoms with Crippen molar-refractivity contribution in [1.82, 2.24) is 5.32 Å². The Morgan fingerprint density at radius 3 is 2.34 bits per heavy atom. The third kappa shape index (κ3) is 7.90. The van der Waals surface area contributed by atoms with Gasteiger partial charge in [0.05, 0.1) is 11.5 Å². The summed E-state index contributed by atoms with van der Waals surface area (Å²) in [5.41, 5.74) is 0.583. The maximum atomic E-state index is 13.7. The number of benzene rings is 2. The van der Waals surface area contributed by atoms with E-state index in [1.807, 2.05) is 25.1 Å². The van der Waals surface area contributed by atoms with Crippen LogP contribution in [0.25, 0.3) is 0 Å². The van der Waals surface area contributed by atoms with Gasteiger partial charge in [0.15, 0.2) is 5.12 Å². The molecule has 2 aromatic rings. The number of carbonyl (C=O) groups is 3. The predicted octanol–water partition coefficient (Wildman–Crippen LogP) is 4.74. The lowest BCUT2D eigenvalue weighted by atomic mass is 9.73. The van der Waals surface area contributed by atoms with Gasteiger partial charge < -0.3 is 15.4 Å². The summed E-state index contributed by atoms with van der Waals surface area (Å²) in [6, 6.07) is 14.1. The molecule has 0 aliphatic heterocycles. The van der Waals surface area contributed by atoms with Gasteiger partial charge in [-0.25, -0.2) is 4.39 Å². The van der Waals surface area contributed by atoms with Crippen molar-refractivity contribution in [2.45, 2.75) is 58.1 Å². The van der Waals surface area contributed by atoms with Crippen LogP contribution in [0.15, 0.2) is 54.6 Å². The number of anilines is 1. The highest BCUT2D eigenvalue weighted by molar-refractivity contribution is 8.13. The van der Waals surface area contributed by atoms with Crippen molar-refractivity contribution in [1.29, 1.82) is 0 Å². The zero-order valence-corrected chi connectivity index (χ0v) is 21.0. The van der Waals surface area contributed by atoms with E-state index in [9.17, 15) is 18.8 Å². The summed E-state index contributed by atoms with van der Waals surface area (Å²) in [5.74, 6) is -0.603. The molecule has 0 heterocycles. The van der Waals surface area contributed by atoms with Crippen molar-refractivity contribution in [3.05, 3.63) is 66.0 Å². The Kier molecular flexibility index (Phi) is 9.86. The number of thioether (sulfide) groups is 1. The summed E-state index contributed by atoms with van der Waals surface area (Å²) in [6.45, 7) is 4.06. The van der Waals surface area contributed by atoms with Crippen LogP contribution in [0.2, 0.25) is 0 Å². The van der Waals surface area contributed by atoms with Crippen molar-refractivity contribution >= 4 is 34.4 Å². The van der Waals surface area contributed by atoms with E-state index in [0.29, 0.717) is 30.9 Å². The molecule has 35 heavy (non-hydrogen) atoms. The molecule has 0 aromatic heterocycles. The second kappa shape index (κ2) is 12.8. The number of ether oxygens (including phenoxy) is 1. The standard InChI is InChI=1S/C27H33FN2O4S/c1-3-34-23-13-15-27(16-14-23,18-35-19(2)31)26(33)30-24(17-20-9-11-21(28)12-10-20)25(32)29-22-7-5-4-6-8-22/h4-12,23-24H,3,13-18H2,1-2H3,(H,29,32)(H,30,33)/t23?,24-,27?/m0/s1. The molecular formula is C27H33FN2O4S. The van der Waals surface area contributed by atoms with Gasteiger partial charge in [0.2, 0.25) is 11.8 Å². The highest BCUT2D eigenvalue weighted by Gasteiger charge is 2.43. The van der Waals surface area contributed by atoms with E-state index in [2.05, 4.69) is 10.6 Å². The molecule has 1 aliphatic carbocycles.